The number of nitrogens with zero attached hydrogens (tertiary/aromatic N) is 3. The maximum Gasteiger partial charge on any atom is 0.262 e. The van der Waals surface area contributed by atoms with Gasteiger partial charge in [-0.2, -0.15) is 0 Å². The maximum atomic E-state index is 14.3. The first-order chi connectivity index (χ1) is 26.0. The number of halogens is 1. The zero-order valence-electron chi connectivity index (χ0n) is 29.9. The van der Waals surface area contributed by atoms with E-state index in [1.165, 1.54) is 12.1 Å². The van der Waals surface area contributed by atoms with E-state index in [0.717, 1.165) is 78.4 Å². The number of hydrogen-bond acceptors (Lipinski definition) is 8. The summed E-state index contributed by atoms with van der Waals surface area (Å²) in [6.45, 7) is 6.19. The Bertz CT molecular complexity index is 2230. The number of fused-ring (bicyclic) bond motifs is 4. The number of piperidine rings is 1. The third-order valence-electron chi connectivity index (χ3n) is 12.2. The first-order valence-corrected chi connectivity index (χ1v) is 18.7. The van der Waals surface area contributed by atoms with Crippen molar-refractivity contribution in [3.8, 4) is 0 Å². The van der Waals surface area contributed by atoms with Gasteiger partial charge in [-0.15, -0.1) is 0 Å². The topological polar surface area (TPSA) is 164 Å². The van der Waals surface area contributed by atoms with E-state index in [0.29, 0.717) is 48.4 Å². The van der Waals surface area contributed by atoms with E-state index in [2.05, 4.69) is 30.7 Å². The number of aromatic amines is 1. The Morgan fingerprint density at radius 2 is 1.72 bits per heavy atom. The molecule has 13 nitrogen and oxygen atoms in total. The quantitative estimate of drug-likeness (QED) is 0.163. The Morgan fingerprint density at radius 3 is 2.46 bits per heavy atom. The molecule has 278 valence electrons. The lowest BCUT2D eigenvalue weighted by Gasteiger charge is -2.39. The number of imide groups is 2. The van der Waals surface area contributed by atoms with Crippen LogP contribution >= 0.6 is 0 Å². The zero-order valence-corrected chi connectivity index (χ0v) is 29.9. The highest BCUT2D eigenvalue weighted by atomic mass is 19.1. The zero-order chi connectivity index (χ0) is 37.5. The molecule has 5 heterocycles. The summed E-state index contributed by atoms with van der Waals surface area (Å²) < 4.78 is 14.3. The molecule has 6 amide bonds. The number of carbonyl (C=O) groups excluding carboxylic acids is 6. The second-order valence-corrected chi connectivity index (χ2v) is 15.3. The van der Waals surface area contributed by atoms with Crippen LogP contribution in [-0.4, -0.2) is 95.5 Å². The monoisotopic (exact) mass is 733 g/mol. The number of anilines is 2. The maximum absolute atomic E-state index is 14.3. The summed E-state index contributed by atoms with van der Waals surface area (Å²) >= 11 is 0. The van der Waals surface area contributed by atoms with Crippen LogP contribution < -0.4 is 20.9 Å². The summed E-state index contributed by atoms with van der Waals surface area (Å²) in [4.78, 5) is 86.3. The van der Waals surface area contributed by atoms with Crippen LogP contribution in [0.5, 0.6) is 0 Å². The summed E-state index contributed by atoms with van der Waals surface area (Å²) in [6, 6.07) is 8.53. The van der Waals surface area contributed by atoms with Crippen molar-refractivity contribution >= 4 is 58.0 Å². The van der Waals surface area contributed by atoms with Gasteiger partial charge in [-0.05, 0) is 93.1 Å². The number of allylic oxidation sites excluding steroid dienone is 1. The van der Waals surface area contributed by atoms with Crippen LogP contribution in [0.15, 0.2) is 36.4 Å². The van der Waals surface area contributed by atoms with E-state index < -0.39 is 35.5 Å². The van der Waals surface area contributed by atoms with Crippen molar-refractivity contribution in [1.29, 1.82) is 0 Å². The summed E-state index contributed by atoms with van der Waals surface area (Å²) in [7, 11) is 0. The molecule has 14 heteroatoms. The van der Waals surface area contributed by atoms with Gasteiger partial charge in [-0.25, -0.2) is 4.39 Å². The third kappa shape index (κ3) is 5.37. The van der Waals surface area contributed by atoms with Crippen LogP contribution in [0.25, 0.3) is 11.1 Å². The van der Waals surface area contributed by atoms with Crippen molar-refractivity contribution in [1.82, 2.24) is 25.4 Å². The van der Waals surface area contributed by atoms with Gasteiger partial charge >= 0.3 is 0 Å². The molecule has 2 aromatic carbocycles. The van der Waals surface area contributed by atoms with Gasteiger partial charge in [0.2, 0.25) is 11.8 Å². The lowest BCUT2D eigenvalue weighted by atomic mass is 9.64. The first-order valence-electron chi connectivity index (χ1n) is 18.7. The molecule has 54 heavy (non-hydrogen) atoms. The molecule has 1 spiro atoms. The van der Waals surface area contributed by atoms with Gasteiger partial charge in [-0.3, -0.25) is 43.9 Å². The molecule has 4 aliphatic heterocycles. The number of amides is 6. The fourth-order valence-electron chi connectivity index (χ4n) is 9.34. The molecule has 0 bridgehead atoms. The highest BCUT2D eigenvalue weighted by Crippen LogP contribution is 2.60. The molecule has 2 saturated heterocycles. The number of H-pyrrole nitrogens is 1. The van der Waals surface area contributed by atoms with Crippen LogP contribution in [0.3, 0.4) is 0 Å². The minimum absolute atomic E-state index is 0.0727. The molecular weight excluding hydrogens is 693 g/mol. The van der Waals surface area contributed by atoms with Crippen molar-refractivity contribution in [2.24, 2.45) is 0 Å². The minimum atomic E-state index is -0.997. The molecule has 9 rings (SSSR count). The number of piperazine rings is 1. The molecule has 1 saturated carbocycles. The molecule has 1 atom stereocenters. The van der Waals surface area contributed by atoms with Gasteiger partial charge in [0.25, 0.3) is 23.6 Å². The number of carbonyl (C=O) groups is 6. The van der Waals surface area contributed by atoms with Crippen molar-refractivity contribution in [2.45, 2.75) is 63.3 Å². The van der Waals surface area contributed by atoms with Crippen LogP contribution in [0.2, 0.25) is 0 Å². The molecule has 0 radical (unpaired) electrons. The van der Waals surface area contributed by atoms with E-state index in [9.17, 15) is 33.2 Å². The third-order valence-corrected chi connectivity index (χ3v) is 12.2. The van der Waals surface area contributed by atoms with Crippen LogP contribution in [0, 0.1) is 12.7 Å². The number of rotatable bonds is 7. The Kier molecular flexibility index (Phi) is 8.07. The van der Waals surface area contributed by atoms with Gasteiger partial charge in [0.15, 0.2) is 0 Å². The molecule has 1 unspecified atom stereocenters. The summed E-state index contributed by atoms with van der Waals surface area (Å²) in [5.74, 6) is -2.85. The van der Waals surface area contributed by atoms with Crippen LogP contribution in [0.4, 0.5) is 15.8 Å². The predicted molar refractivity (Wildman–Crippen MR) is 196 cm³/mol. The average Bonchev–Trinajstić information content (AvgIpc) is 3.83. The number of nitrogens with one attached hydrogen (secondary N) is 4. The van der Waals surface area contributed by atoms with Gasteiger partial charge in [-0.1, -0.05) is 6.42 Å². The van der Waals surface area contributed by atoms with Gasteiger partial charge < -0.3 is 20.5 Å². The highest BCUT2D eigenvalue weighted by molar-refractivity contribution is 6.37. The van der Waals surface area contributed by atoms with Crippen molar-refractivity contribution in [3.05, 3.63) is 81.4 Å². The fourth-order valence-corrected chi connectivity index (χ4v) is 9.34. The van der Waals surface area contributed by atoms with E-state index in [-0.39, 0.29) is 41.2 Å². The fraction of sp³-hybridized carbons (Fsp3) is 0.400. The number of aryl methyl sites for hydroxylation is 1. The Labute approximate surface area is 310 Å². The summed E-state index contributed by atoms with van der Waals surface area (Å²) in [5, 5.41) is 8.25. The smallest absolute Gasteiger partial charge is 0.262 e. The SMILES string of the molecule is Cc1[nH]c2c(c1C(=O)NCCCN1CCN(c3ccc4c(c3)C(=O)N(C3CCC(=O)NC3=O)C4=O)CC1)C1(CCC1)C/C2=C1/C(=O)Nc2ccc(F)cc21. The molecule has 2 aliphatic carbocycles. The van der Waals surface area contributed by atoms with E-state index >= 15 is 0 Å². The first kappa shape index (κ1) is 34.2. The largest absolute Gasteiger partial charge is 0.369 e. The Hall–Kier alpha value is -5.63. The van der Waals surface area contributed by atoms with E-state index in [1.54, 1.807) is 18.2 Å². The average molecular weight is 734 g/mol. The molecule has 4 N–H and O–H groups in total. The predicted octanol–water partition coefficient (Wildman–Crippen LogP) is 3.49. The number of hydrogen-bond donors (Lipinski definition) is 4. The second kappa shape index (κ2) is 12.8. The van der Waals surface area contributed by atoms with Crippen LogP contribution in [0.1, 0.15) is 98.5 Å². The van der Waals surface area contributed by atoms with Gasteiger partial charge in [0, 0.05) is 72.9 Å². The van der Waals surface area contributed by atoms with Crippen molar-refractivity contribution < 1.29 is 33.2 Å². The van der Waals surface area contributed by atoms with Gasteiger partial charge in [0.1, 0.15) is 11.9 Å². The summed E-state index contributed by atoms with van der Waals surface area (Å²) in [5.41, 5.74) is 6.87. The normalized spacial score (nSPS) is 23.0. The molecule has 3 fully saturated rings. The van der Waals surface area contributed by atoms with Crippen molar-refractivity contribution in [2.75, 3.05) is 49.5 Å². The lowest BCUT2D eigenvalue weighted by Crippen LogP contribution is -2.54. The van der Waals surface area contributed by atoms with Gasteiger partial charge in [0.05, 0.1) is 22.3 Å². The Morgan fingerprint density at radius 1 is 0.944 bits per heavy atom. The molecule has 3 aromatic rings. The molecule has 6 aliphatic rings. The number of benzene rings is 2. The second-order valence-electron chi connectivity index (χ2n) is 15.3. The standard InChI is InChI=1S/C40H40FN7O6/c1-21-31(33-34(43-21)27(20-40(33)10-2-11-40)32-26-18-22(41)4-7-28(26)44-37(32)52)36(51)42-12-3-13-46-14-16-47(17-15-46)23-5-6-24-25(19-23)39(54)48(38(24)53)29-8-9-30(49)45-35(29)50/h4-7,18-19,29,43H,2-3,8-17,20H2,1H3,(H,42,51)(H,44,52)(H,45,49,50)/b32-27-. The lowest BCUT2D eigenvalue weighted by molar-refractivity contribution is -0.136. The minimum Gasteiger partial charge on any atom is -0.369 e. The molecular formula is C40H40FN7O6. The van der Waals surface area contributed by atoms with Crippen LogP contribution in [-0.2, 0) is 19.8 Å². The highest BCUT2D eigenvalue weighted by Gasteiger charge is 2.51. The Balaban J connectivity index is 0.816. The van der Waals surface area contributed by atoms with Crippen molar-refractivity contribution in [3.63, 3.8) is 0 Å². The van der Waals surface area contributed by atoms with E-state index in [4.69, 9.17) is 0 Å². The molecule has 1 aromatic heterocycles. The summed E-state index contributed by atoms with van der Waals surface area (Å²) in [6.07, 6.45) is 4.49. The van der Waals surface area contributed by atoms with E-state index in [1.807, 2.05) is 13.0 Å². The number of aromatic nitrogens is 1.